The molecule has 1 unspecified atom stereocenters. The molecule has 0 saturated heterocycles. The molecule has 1 N–H and O–H groups in total. The molecule has 0 saturated carbocycles. The summed E-state index contributed by atoms with van der Waals surface area (Å²) >= 11 is 0. The molecule has 0 spiro atoms. The summed E-state index contributed by atoms with van der Waals surface area (Å²) < 4.78 is 1.34. The van der Waals surface area contributed by atoms with Crippen molar-refractivity contribution >= 4 is 28.4 Å². The standard InChI is InChI=1S/C16H15N5O2.C2H6/c1-10-13-8-19-21(15(13)18-9-17-10)14(11(2)22)16(23)20-12-6-4-3-5-7-12;1-2/h3-9,14H,1-2H3,(H,20,23);1-2H3. The number of carbonyl (C=O) groups excluding carboxylic acids is 2. The number of fused-ring (bicyclic) bond motifs is 1. The molecule has 0 fully saturated rings. The van der Waals surface area contributed by atoms with Crippen LogP contribution in [-0.2, 0) is 9.59 Å². The molecule has 0 aliphatic rings. The van der Waals surface area contributed by atoms with Crippen LogP contribution in [-0.4, -0.2) is 31.4 Å². The number of aromatic nitrogens is 4. The summed E-state index contributed by atoms with van der Waals surface area (Å²) in [6, 6.07) is 7.88. The molecule has 2 aromatic heterocycles. The lowest BCUT2D eigenvalue weighted by atomic mass is 10.2. The number of hydrogen-bond donors (Lipinski definition) is 1. The van der Waals surface area contributed by atoms with E-state index in [1.165, 1.54) is 17.9 Å². The second-order valence-electron chi connectivity index (χ2n) is 5.15. The number of ketones is 1. The van der Waals surface area contributed by atoms with Crippen LogP contribution < -0.4 is 5.32 Å². The lowest BCUT2D eigenvalue weighted by Gasteiger charge is -2.15. The van der Waals surface area contributed by atoms with Crippen molar-refractivity contribution < 1.29 is 9.59 Å². The van der Waals surface area contributed by atoms with Gasteiger partial charge in [0.2, 0.25) is 0 Å². The van der Waals surface area contributed by atoms with Gasteiger partial charge in [0, 0.05) is 5.69 Å². The van der Waals surface area contributed by atoms with E-state index in [1.54, 1.807) is 30.5 Å². The minimum atomic E-state index is -1.08. The smallest absolute Gasteiger partial charge is 0.257 e. The summed E-state index contributed by atoms with van der Waals surface area (Å²) in [5.74, 6) is -0.773. The number of nitrogens with zero attached hydrogens (tertiary/aromatic N) is 4. The number of benzene rings is 1. The summed E-state index contributed by atoms with van der Waals surface area (Å²) in [7, 11) is 0. The Labute approximate surface area is 146 Å². The molecule has 2 heterocycles. The molecular weight excluding hydrogens is 318 g/mol. The van der Waals surface area contributed by atoms with Crippen molar-refractivity contribution in [1.29, 1.82) is 0 Å². The Morgan fingerprint density at radius 1 is 1.12 bits per heavy atom. The second-order valence-corrected chi connectivity index (χ2v) is 5.15. The predicted octanol–water partition coefficient (Wildman–Crippen LogP) is 2.93. The lowest BCUT2D eigenvalue weighted by Crippen LogP contribution is -2.32. The van der Waals surface area contributed by atoms with Crippen molar-refractivity contribution in [2.75, 3.05) is 5.32 Å². The zero-order chi connectivity index (χ0) is 18.4. The van der Waals surface area contributed by atoms with Crippen LogP contribution in [0.2, 0.25) is 0 Å². The van der Waals surface area contributed by atoms with Crippen molar-refractivity contribution in [3.63, 3.8) is 0 Å². The largest absolute Gasteiger partial charge is 0.324 e. The van der Waals surface area contributed by atoms with Crippen molar-refractivity contribution in [2.45, 2.75) is 33.7 Å². The van der Waals surface area contributed by atoms with Crippen molar-refractivity contribution in [1.82, 2.24) is 19.7 Å². The van der Waals surface area contributed by atoms with Crippen LogP contribution >= 0.6 is 0 Å². The molecule has 0 aliphatic heterocycles. The van der Waals surface area contributed by atoms with E-state index in [0.717, 1.165) is 5.69 Å². The molecule has 130 valence electrons. The summed E-state index contributed by atoms with van der Waals surface area (Å²) in [6.45, 7) is 7.18. The highest BCUT2D eigenvalue weighted by Crippen LogP contribution is 2.20. The normalized spacial score (nSPS) is 11.4. The van der Waals surface area contributed by atoms with Crippen LogP contribution in [0.5, 0.6) is 0 Å². The van der Waals surface area contributed by atoms with Gasteiger partial charge < -0.3 is 5.32 Å². The van der Waals surface area contributed by atoms with Crippen LogP contribution in [0, 0.1) is 6.92 Å². The van der Waals surface area contributed by atoms with Gasteiger partial charge in [-0.2, -0.15) is 5.10 Å². The van der Waals surface area contributed by atoms with E-state index in [2.05, 4.69) is 20.4 Å². The average Bonchev–Trinajstić information content (AvgIpc) is 3.03. The zero-order valence-electron chi connectivity index (χ0n) is 14.7. The molecule has 7 heteroatoms. The Kier molecular flexibility index (Phi) is 5.94. The van der Waals surface area contributed by atoms with Crippen LogP contribution in [0.15, 0.2) is 42.9 Å². The van der Waals surface area contributed by atoms with Crippen LogP contribution in [0.4, 0.5) is 5.69 Å². The summed E-state index contributed by atoms with van der Waals surface area (Å²) in [5.41, 5.74) is 1.82. The maximum absolute atomic E-state index is 12.5. The highest BCUT2D eigenvalue weighted by Gasteiger charge is 2.28. The van der Waals surface area contributed by atoms with Gasteiger partial charge in [0.1, 0.15) is 6.33 Å². The molecule has 0 aliphatic carbocycles. The molecule has 25 heavy (non-hydrogen) atoms. The van der Waals surface area contributed by atoms with Gasteiger partial charge in [-0.25, -0.2) is 14.6 Å². The van der Waals surface area contributed by atoms with E-state index in [1.807, 2.05) is 26.8 Å². The molecule has 1 aromatic carbocycles. The number of Topliss-reactive ketones (excluding diaryl/α,β-unsaturated/α-hetero) is 1. The number of amides is 1. The molecule has 1 atom stereocenters. The second kappa shape index (κ2) is 8.14. The molecular formula is C18H21N5O2. The van der Waals surface area contributed by atoms with Crippen LogP contribution in [0.1, 0.15) is 32.5 Å². The van der Waals surface area contributed by atoms with Gasteiger partial charge in [-0.05, 0) is 26.0 Å². The average molecular weight is 339 g/mol. The monoisotopic (exact) mass is 339 g/mol. The molecule has 3 aromatic rings. The number of hydrogen-bond acceptors (Lipinski definition) is 5. The maximum atomic E-state index is 12.5. The number of rotatable bonds is 4. The van der Waals surface area contributed by atoms with Gasteiger partial charge in [-0.1, -0.05) is 32.0 Å². The molecule has 1 amide bonds. The predicted molar refractivity (Wildman–Crippen MR) is 96.2 cm³/mol. The molecule has 7 nitrogen and oxygen atoms in total. The van der Waals surface area contributed by atoms with Gasteiger partial charge in [-0.3, -0.25) is 9.59 Å². The first-order chi connectivity index (χ1) is 12.1. The SMILES string of the molecule is CC.CC(=O)C(C(=O)Nc1ccccc1)n1ncc2c(C)ncnc21. The Morgan fingerprint density at radius 2 is 1.80 bits per heavy atom. The van der Waals surface area contributed by atoms with Gasteiger partial charge in [0.25, 0.3) is 5.91 Å². The minimum Gasteiger partial charge on any atom is -0.324 e. The van der Waals surface area contributed by atoms with Gasteiger partial charge in [0.15, 0.2) is 17.5 Å². The first-order valence-electron chi connectivity index (χ1n) is 8.09. The fourth-order valence-corrected chi connectivity index (χ4v) is 2.37. The van der Waals surface area contributed by atoms with E-state index < -0.39 is 11.9 Å². The Morgan fingerprint density at radius 3 is 2.44 bits per heavy atom. The van der Waals surface area contributed by atoms with E-state index in [4.69, 9.17) is 0 Å². The first kappa shape index (κ1) is 18.3. The summed E-state index contributed by atoms with van der Waals surface area (Å²) in [6.07, 6.45) is 2.96. The Hall–Kier alpha value is -3.09. The van der Waals surface area contributed by atoms with Gasteiger partial charge in [0.05, 0.1) is 17.3 Å². The molecule has 0 bridgehead atoms. The van der Waals surface area contributed by atoms with E-state index in [-0.39, 0.29) is 5.78 Å². The third-order valence-electron chi connectivity index (χ3n) is 3.51. The number of anilines is 1. The minimum absolute atomic E-state index is 0.320. The van der Waals surface area contributed by atoms with E-state index in [9.17, 15) is 9.59 Å². The number of carbonyl (C=O) groups is 2. The number of aryl methyl sites for hydroxylation is 1. The molecule has 0 radical (unpaired) electrons. The van der Waals surface area contributed by atoms with Crippen molar-refractivity contribution in [3.8, 4) is 0 Å². The third-order valence-corrected chi connectivity index (χ3v) is 3.51. The maximum Gasteiger partial charge on any atom is 0.257 e. The molecule has 3 rings (SSSR count). The van der Waals surface area contributed by atoms with Crippen molar-refractivity contribution in [2.24, 2.45) is 0 Å². The van der Waals surface area contributed by atoms with E-state index in [0.29, 0.717) is 16.7 Å². The Bertz CT molecular complexity index is 874. The number of nitrogens with one attached hydrogen (secondary N) is 1. The third kappa shape index (κ3) is 3.88. The zero-order valence-corrected chi connectivity index (χ0v) is 14.7. The van der Waals surface area contributed by atoms with Crippen LogP contribution in [0.3, 0.4) is 0 Å². The number of para-hydroxylation sites is 1. The van der Waals surface area contributed by atoms with E-state index >= 15 is 0 Å². The quantitative estimate of drug-likeness (QED) is 0.738. The summed E-state index contributed by atoms with van der Waals surface area (Å²) in [4.78, 5) is 32.8. The fraction of sp³-hybridized carbons (Fsp3) is 0.278. The highest BCUT2D eigenvalue weighted by molar-refractivity contribution is 6.08. The van der Waals surface area contributed by atoms with Gasteiger partial charge in [-0.15, -0.1) is 0 Å². The van der Waals surface area contributed by atoms with Crippen molar-refractivity contribution in [3.05, 3.63) is 48.5 Å². The fourth-order valence-electron chi connectivity index (χ4n) is 2.37. The summed E-state index contributed by atoms with van der Waals surface area (Å²) in [5, 5.41) is 7.61. The Balaban J connectivity index is 0.00000109. The van der Waals surface area contributed by atoms with Gasteiger partial charge >= 0.3 is 0 Å². The first-order valence-corrected chi connectivity index (χ1v) is 8.09. The van der Waals surface area contributed by atoms with Crippen LogP contribution in [0.25, 0.3) is 11.0 Å². The topological polar surface area (TPSA) is 89.8 Å². The lowest BCUT2D eigenvalue weighted by molar-refractivity contribution is -0.129. The highest BCUT2D eigenvalue weighted by atomic mass is 16.2.